The summed E-state index contributed by atoms with van der Waals surface area (Å²) in [7, 11) is 0. The number of nitrogens with one attached hydrogen (secondary N) is 2. The highest BCUT2D eigenvalue weighted by Gasteiger charge is 2.21. The standard InChI is InChI=1S/C24H29FN4O4/c1-2-3-10-26-22(30)16-28-11-13-29(14-12-28)19-8-9-21(20(15-19)24(32)33)27-23(31)17-4-6-18(25)7-5-17/h4-9,15H,2-3,10-14,16H2,1H3,(H,26,30)(H,27,31)(H,32,33). The summed E-state index contributed by atoms with van der Waals surface area (Å²) < 4.78 is 13.1. The molecule has 1 fully saturated rings. The van der Waals surface area contributed by atoms with Gasteiger partial charge < -0.3 is 20.6 Å². The molecule has 1 aliphatic heterocycles. The molecule has 0 bridgehead atoms. The van der Waals surface area contributed by atoms with Crippen molar-refractivity contribution >= 4 is 29.2 Å². The van der Waals surface area contributed by atoms with Crippen LogP contribution in [0.5, 0.6) is 0 Å². The molecule has 2 aromatic carbocycles. The average Bonchev–Trinajstić information content (AvgIpc) is 2.80. The van der Waals surface area contributed by atoms with Crippen molar-refractivity contribution in [3.05, 3.63) is 59.4 Å². The number of nitrogens with zero attached hydrogens (tertiary/aromatic N) is 2. The first-order valence-electron chi connectivity index (χ1n) is 11.1. The normalized spacial score (nSPS) is 14.1. The molecule has 0 atom stereocenters. The fourth-order valence-corrected chi connectivity index (χ4v) is 3.64. The van der Waals surface area contributed by atoms with Gasteiger partial charge in [-0.05, 0) is 48.9 Å². The monoisotopic (exact) mass is 456 g/mol. The minimum atomic E-state index is -1.16. The second kappa shape index (κ2) is 11.4. The molecule has 0 saturated carbocycles. The molecule has 8 nitrogen and oxygen atoms in total. The highest BCUT2D eigenvalue weighted by atomic mass is 19.1. The Balaban J connectivity index is 1.61. The number of carboxylic acid groups (broad SMARTS) is 1. The minimum absolute atomic E-state index is 0.0197. The van der Waals surface area contributed by atoms with Gasteiger partial charge in [-0.1, -0.05) is 13.3 Å². The second-order valence-corrected chi connectivity index (χ2v) is 7.96. The van der Waals surface area contributed by atoms with E-state index >= 15 is 0 Å². The number of rotatable bonds is 9. The summed E-state index contributed by atoms with van der Waals surface area (Å²) in [6.07, 6.45) is 2.00. The molecule has 1 aliphatic rings. The zero-order chi connectivity index (χ0) is 23.8. The van der Waals surface area contributed by atoms with Gasteiger partial charge in [-0.3, -0.25) is 14.5 Å². The molecule has 1 heterocycles. The molecule has 176 valence electrons. The van der Waals surface area contributed by atoms with E-state index in [0.29, 0.717) is 39.3 Å². The largest absolute Gasteiger partial charge is 0.478 e. The van der Waals surface area contributed by atoms with Gasteiger partial charge in [0.15, 0.2) is 0 Å². The lowest BCUT2D eigenvalue weighted by Gasteiger charge is -2.36. The Morgan fingerprint density at radius 2 is 1.73 bits per heavy atom. The third kappa shape index (κ3) is 6.76. The van der Waals surface area contributed by atoms with Crippen molar-refractivity contribution in [3.8, 4) is 0 Å². The van der Waals surface area contributed by atoms with Crippen LogP contribution in [0, 0.1) is 5.82 Å². The van der Waals surface area contributed by atoms with Crippen LogP contribution in [0.25, 0.3) is 0 Å². The molecule has 0 unspecified atom stereocenters. The highest BCUT2D eigenvalue weighted by molar-refractivity contribution is 6.08. The van der Waals surface area contributed by atoms with Crippen molar-refractivity contribution in [2.45, 2.75) is 19.8 Å². The van der Waals surface area contributed by atoms with E-state index in [-0.39, 0.29) is 22.7 Å². The molecular weight excluding hydrogens is 427 g/mol. The number of hydrogen-bond donors (Lipinski definition) is 3. The lowest BCUT2D eigenvalue weighted by atomic mass is 10.1. The Morgan fingerprint density at radius 3 is 2.36 bits per heavy atom. The van der Waals surface area contributed by atoms with Crippen LogP contribution in [0.4, 0.5) is 15.8 Å². The van der Waals surface area contributed by atoms with E-state index in [1.165, 1.54) is 30.3 Å². The van der Waals surface area contributed by atoms with Gasteiger partial charge in [-0.2, -0.15) is 0 Å². The maximum Gasteiger partial charge on any atom is 0.337 e. The smallest absolute Gasteiger partial charge is 0.337 e. The van der Waals surface area contributed by atoms with Crippen molar-refractivity contribution in [2.24, 2.45) is 0 Å². The van der Waals surface area contributed by atoms with Crippen LogP contribution in [0.2, 0.25) is 0 Å². The van der Waals surface area contributed by atoms with E-state index in [9.17, 15) is 23.9 Å². The van der Waals surface area contributed by atoms with Crippen LogP contribution < -0.4 is 15.5 Å². The molecule has 2 aromatic rings. The molecule has 0 aliphatic carbocycles. The SMILES string of the molecule is CCCCNC(=O)CN1CCN(c2ccc(NC(=O)c3ccc(F)cc3)c(C(=O)O)c2)CC1. The van der Waals surface area contributed by atoms with E-state index in [2.05, 4.69) is 27.4 Å². The molecule has 9 heteroatoms. The average molecular weight is 457 g/mol. The Kier molecular flexibility index (Phi) is 8.37. The van der Waals surface area contributed by atoms with Crippen LogP contribution in [0.1, 0.15) is 40.5 Å². The summed E-state index contributed by atoms with van der Waals surface area (Å²) in [5.41, 5.74) is 1.11. The number of benzene rings is 2. The lowest BCUT2D eigenvalue weighted by molar-refractivity contribution is -0.122. The molecule has 0 spiro atoms. The number of anilines is 2. The van der Waals surface area contributed by atoms with Crippen LogP contribution in [-0.4, -0.2) is 67.1 Å². The zero-order valence-corrected chi connectivity index (χ0v) is 18.6. The summed E-state index contributed by atoms with van der Waals surface area (Å²) in [5.74, 6) is -2.12. The molecular formula is C24H29FN4O4. The van der Waals surface area contributed by atoms with Gasteiger partial charge in [0, 0.05) is 44.0 Å². The number of carboxylic acids is 1. The van der Waals surface area contributed by atoms with Crippen LogP contribution in [0.3, 0.4) is 0 Å². The number of piperazine rings is 1. The number of carbonyl (C=O) groups is 3. The van der Waals surface area contributed by atoms with Crippen molar-refractivity contribution in [1.82, 2.24) is 10.2 Å². The summed E-state index contributed by atoms with van der Waals surface area (Å²) in [4.78, 5) is 40.4. The summed E-state index contributed by atoms with van der Waals surface area (Å²) in [6, 6.07) is 9.88. The first-order valence-corrected chi connectivity index (χ1v) is 11.1. The number of halogens is 1. The Morgan fingerprint density at radius 1 is 1.03 bits per heavy atom. The fraction of sp³-hybridized carbons (Fsp3) is 0.375. The Hall–Kier alpha value is -3.46. The zero-order valence-electron chi connectivity index (χ0n) is 18.6. The van der Waals surface area contributed by atoms with Crippen molar-refractivity contribution in [1.29, 1.82) is 0 Å². The first-order chi connectivity index (χ1) is 15.9. The topological polar surface area (TPSA) is 102 Å². The molecule has 3 N–H and O–H groups in total. The lowest BCUT2D eigenvalue weighted by Crippen LogP contribution is -2.49. The Labute approximate surface area is 192 Å². The van der Waals surface area contributed by atoms with Crippen LogP contribution in [0.15, 0.2) is 42.5 Å². The predicted octanol–water partition coefficient (Wildman–Crippen LogP) is 2.81. The molecule has 0 radical (unpaired) electrons. The second-order valence-electron chi connectivity index (χ2n) is 7.96. The summed E-state index contributed by atoms with van der Waals surface area (Å²) in [5, 5.41) is 15.2. The highest BCUT2D eigenvalue weighted by Crippen LogP contribution is 2.25. The maximum absolute atomic E-state index is 13.1. The Bertz CT molecular complexity index is 988. The van der Waals surface area contributed by atoms with Gasteiger partial charge in [-0.25, -0.2) is 9.18 Å². The third-order valence-electron chi connectivity index (χ3n) is 5.55. The fourth-order valence-electron chi connectivity index (χ4n) is 3.64. The van der Waals surface area contributed by atoms with E-state index in [4.69, 9.17) is 0 Å². The van der Waals surface area contributed by atoms with E-state index in [1.807, 2.05) is 0 Å². The number of aromatic carboxylic acids is 1. The minimum Gasteiger partial charge on any atom is -0.478 e. The maximum atomic E-state index is 13.1. The van der Waals surface area contributed by atoms with E-state index in [1.54, 1.807) is 12.1 Å². The van der Waals surface area contributed by atoms with Gasteiger partial charge in [0.05, 0.1) is 17.8 Å². The van der Waals surface area contributed by atoms with Gasteiger partial charge in [0.1, 0.15) is 5.82 Å². The molecule has 1 saturated heterocycles. The van der Waals surface area contributed by atoms with Gasteiger partial charge in [0.2, 0.25) is 5.91 Å². The van der Waals surface area contributed by atoms with Gasteiger partial charge in [0.25, 0.3) is 5.91 Å². The summed E-state index contributed by atoms with van der Waals surface area (Å²) >= 11 is 0. The van der Waals surface area contributed by atoms with E-state index in [0.717, 1.165) is 18.5 Å². The summed E-state index contributed by atoms with van der Waals surface area (Å²) in [6.45, 7) is 5.81. The van der Waals surface area contributed by atoms with E-state index < -0.39 is 17.7 Å². The molecule has 3 rings (SSSR count). The molecule has 0 aromatic heterocycles. The quantitative estimate of drug-likeness (QED) is 0.502. The predicted molar refractivity (Wildman–Crippen MR) is 124 cm³/mol. The van der Waals surface area contributed by atoms with Crippen LogP contribution >= 0.6 is 0 Å². The van der Waals surface area contributed by atoms with Crippen molar-refractivity contribution in [3.63, 3.8) is 0 Å². The number of amides is 2. The first kappa shape index (κ1) is 24.2. The molecule has 33 heavy (non-hydrogen) atoms. The number of unbranched alkanes of at least 4 members (excludes halogenated alkanes) is 1. The van der Waals surface area contributed by atoms with Gasteiger partial charge >= 0.3 is 5.97 Å². The van der Waals surface area contributed by atoms with Gasteiger partial charge in [-0.15, -0.1) is 0 Å². The number of hydrogen-bond acceptors (Lipinski definition) is 5. The van der Waals surface area contributed by atoms with Crippen LogP contribution in [-0.2, 0) is 4.79 Å². The third-order valence-corrected chi connectivity index (χ3v) is 5.55. The van der Waals surface area contributed by atoms with Crippen molar-refractivity contribution in [2.75, 3.05) is 49.5 Å². The molecule has 2 amide bonds. The number of carbonyl (C=O) groups excluding carboxylic acids is 2. The van der Waals surface area contributed by atoms with Crippen molar-refractivity contribution < 1.29 is 23.9 Å².